The average Bonchev–Trinajstić information content (AvgIpc) is 3.00. The smallest absolute Gasteiger partial charge is 0.380 e. The standard InChI is InChI=1S/C18H25F3N4O3/c1-11(2)8-24-10-22-14-13(24)15(26)25(16(27)23(14)3)9-12-4-6-17(28,7-5-12)18(19,20)21/h10-12,28H,4-9H2,1-3H3/t12-,17+. The molecule has 1 N–H and O–H groups in total. The van der Waals surface area contributed by atoms with Crippen LogP contribution in [-0.2, 0) is 20.1 Å². The second kappa shape index (κ2) is 7.06. The van der Waals surface area contributed by atoms with Crippen LogP contribution in [0.15, 0.2) is 15.9 Å². The molecule has 2 heterocycles. The normalized spacial score (nSPS) is 23.6. The van der Waals surface area contributed by atoms with E-state index in [4.69, 9.17) is 0 Å². The number of hydrogen-bond acceptors (Lipinski definition) is 4. The molecule has 3 rings (SSSR count). The van der Waals surface area contributed by atoms with Gasteiger partial charge in [-0.25, -0.2) is 9.78 Å². The fourth-order valence-electron chi connectivity index (χ4n) is 3.89. The molecule has 156 valence electrons. The Bertz CT molecular complexity index is 979. The molecule has 1 aliphatic rings. The lowest BCUT2D eigenvalue weighted by molar-refractivity contribution is -0.272. The molecule has 1 fully saturated rings. The zero-order valence-electron chi connectivity index (χ0n) is 16.2. The molecule has 1 saturated carbocycles. The zero-order chi connectivity index (χ0) is 20.9. The number of hydrogen-bond donors (Lipinski definition) is 1. The molecule has 1 aliphatic carbocycles. The second-order valence-corrected chi connectivity index (χ2v) is 8.19. The Kier molecular flexibility index (Phi) is 5.20. The van der Waals surface area contributed by atoms with Gasteiger partial charge in [-0.3, -0.25) is 13.9 Å². The number of halogens is 3. The molecule has 2 aromatic heterocycles. The number of fused-ring (bicyclic) bond motifs is 1. The van der Waals surface area contributed by atoms with Crippen molar-refractivity contribution in [3.05, 3.63) is 27.2 Å². The molecule has 0 radical (unpaired) electrons. The van der Waals surface area contributed by atoms with Crippen molar-refractivity contribution in [3.63, 3.8) is 0 Å². The van der Waals surface area contributed by atoms with E-state index < -0.39 is 35.9 Å². The summed E-state index contributed by atoms with van der Waals surface area (Å²) >= 11 is 0. The van der Waals surface area contributed by atoms with E-state index in [2.05, 4.69) is 4.98 Å². The van der Waals surface area contributed by atoms with E-state index in [1.165, 1.54) is 17.9 Å². The lowest BCUT2D eigenvalue weighted by Crippen LogP contribution is -2.49. The van der Waals surface area contributed by atoms with Crippen molar-refractivity contribution in [1.82, 2.24) is 18.7 Å². The predicted octanol–water partition coefficient (Wildman–Crippen LogP) is 2.04. The third-order valence-corrected chi connectivity index (χ3v) is 5.56. The maximum Gasteiger partial charge on any atom is 0.417 e. The van der Waals surface area contributed by atoms with E-state index in [1.807, 2.05) is 13.8 Å². The Labute approximate surface area is 159 Å². The molecular formula is C18H25F3N4O3. The number of aliphatic hydroxyl groups is 1. The highest BCUT2D eigenvalue weighted by molar-refractivity contribution is 5.69. The number of aryl methyl sites for hydroxylation is 1. The fourth-order valence-corrected chi connectivity index (χ4v) is 3.89. The van der Waals surface area contributed by atoms with Crippen LogP contribution in [0.25, 0.3) is 11.2 Å². The molecule has 10 heteroatoms. The van der Waals surface area contributed by atoms with Gasteiger partial charge in [0.1, 0.15) is 0 Å². The SMILES string of the molecule is CC(C)Cn1cnc2c1c(=O)n(C[C@H]1CC[C@](O)(C(F)(F)F)CC1)c(=O)n2C. The van der Waals surface area contributed by atoms with Gasteiger partial charge in [-0.05, 0) is 37.5 Å². The Balaban J connectivity index is 1.92. The highest BCUT2D eigenvalue weighted by Crippen LogP contribution is 2.43. The molecule has 0 bridgehead atoms. The summed E-state index contributed by atoms with van der Waals surface area (Å²) in [7, 11) is 1.52. The Hall–Kier alpha value is -2.10. The van der Waals surface area contributed by atoms with Gasteiger partial charge in [-0.15, -0.1) is 0 Å². The van der Waals surface area contributed by atoms with Gasteiger partial charge >= 0.3 is 11.9 Å². The molecular weight excluding hydrogens is 377 g/mol. The monoisotopic (exact) mass is 402 g/mol. The Morgan fingerprint density at radius 1 is 1.29 bits per heavy atom. The predicted molar refractivity (Wildman–Crippen MR) is 97.0 cm³/mol. The van der Waals surface area contributed by atoms with Crippen molar-refractivity contribution in [1.29, 1.82) is 0 Å². The summed E-state index contributed by atoms with van der Waals surface area (Å²) in [6.07, 6.45) is -3.82. The van der Waals surface area contributed by atoms with Gasteiger partial charge in [0.25, 0.3) is 5.56 Å². The molecule has 0 unspecified atom stereocenters. The van der Waals surface area contributed by atoms with Gasteiger partial charge in [0.15, 0.2) is 16.8 Å². The summed E-state index contributed by atoms with van der Waals surface area (Å²) in [6.45, 7) is 4.58. The number of rotatable bonds is 4. The number of alkyl halides is 3. The van der Waals surface area contributed by atoms with E-state index in [1.54, 1.807) is 4.57 Å². The van der Waals surface area contributed by atoms with Gasteiger partial charge < -0.3 is 9.67 Å². The summed E-state index contributed by atoms with van der Waals surface area (Å²) < 4.78 is 43.0. The largest absolute Gasteiger partial charge is 0.417 e. The van der Waals surface area contributed by atoms with E-state index in [0.717, 1.165) is 4.57 Å². The highest BCUT2D eigenvalue weighted by Gasteiger charge is 2.54. The van der Waals surface area contributed by atoms with Crippen LogP contribution in [0.5, 0.6) is 0 Å². The summed E-state index contributed by atoms with van der Waals surface area (Å²) in [5.41, 5.74) is -3.09. The Morgan fingerprint density at radius 3 is 2.43 bits per heavy atom. The average molecular weight is 402 g/mol. The minimum absolute atomic E-state index is 0.0300. The van der Waals surface area contributed by atoms with Crippen LogP contribution < -0.4 is 11.2 Å². The first kappa shape index (κ1) is 20.6. The summed E-state index contributed by atoms with van der Waals surface area (Å²) in [6, 6.07) is 0. The number of nitrogens with zero attached hydrogens (tertiary/aromatic N) is 4. The molecule has 0 aromatic carbocycles. The van der Waals surface area contributed by atoms with Crippen LogP contribution in [-0.4, -0.2) is 35.6 Å². The fraction of sp³-hybridized carbons (Fsp3) is 0.722. The first-order chi connectivity index (χ1) is 12.9. The third-order valence-electron chi connectivity index (χ3n) is 5.56. The van der Waals surface area contributed by atoms with Crippen molar-refractivity contribution in [2.75, 3.05) is 0 Å². The molecule has 0 spiro atoms. The summed E-state index contributed by atoms with van der Waals surface area (Å²) in [4.78, 5) is 29.8. The van der Waals surface area contributed by atoms with E-state index in [9.17, 15) is 27.9 Å². The molecule has 7 nitrogen and oxygen atoms in total. The van der Waals surface area contributed by atoms with E-state index in [-0.39, 0.29) is 31.2 Å². The van der Waals surface area contributed by atoms with Gasteiger partial charge in [0.2, 0.25) is 0 Å². The number of imidazole rings is 1. The molecule has 0 amide bonds. The molecule has 0 aliphatic heterocycles. The summed E-state index contributed by atoms with van der Waals surface area (Å²) in [5, 5.41) is 9.81. The van der Waals surface area contributed by atoms with Crippen molar-refractivity contribution in [2.45, 2.75) is 64.4 Å². The van der Waals surface area contributed by atoms with Crippen LogP contribution in [0.4, 0.5) is 13.2 Å². The Morgan fingerprint density at radius 2 is 1.89 bits per heavy atom. The van der Waals surface area contributed by atoms with Crippen LogP contribution in [0.1, 0.15) is 39.5 Å². The van der Waals surface area contributed by atoms with Crippen LogP contribution in [0.3, 0.4) is 0 Å². The minimum Gasteiger partial charge on any atom is -0.380 e. The van der Waals surface area contributed by atoms with Crippen molar-refractivity contribution >= 4 is 11.2 Å². The lowest BCUT2D eigenvalue weighted by atomic mass is 9.78. The lowest BCUT2D eigenvalue weighted by Gasteiger charge is -2.37. The van der Waals surface area contributed by atoms with Crippen molar-refractivity contribution < 1.29 is 18.3 Å². The molecule has 0 saturated heterocycles. The van der Waals surface area contributed by atoms with Crippen molar-refractivity contribution in [3.8, 4) is 0 Å². The van der Waals surface area contributed by atoms with Crippen LogP contribution in [0.2, 0.25) is 0 Å². The first-order valence-corrected chi connectivity index (χ1v) is 9.38. The van der Waals surface area contributed by atoms with Gasteiger partial charge in [-0.2, -0.15) is 13.2 Å². The zero-order valence-corrected chi connectivity index (χ0v) is 16.2. The minimum atomic E-state index is -4.67. The highest BCUT2D eigenvalue weighted by atomic mass is 19.4. The quantitative estimate of drug-likeness (QED) is 0.849. The van der Waals surface area contributed by atoms with Crippen LogP contribution >= 0.6 is 0 Å². The topological polar surface area (TPSA) is 82.1 Å². The van der Waals surface area contributed by atoms with Gasteiger partial charge in [0, 0.05) is 20.1 Å². The van der Waals surface area contributed by atoms with Crippen LogP contribution in [0, 0.1) is 11.8 Å². The van der Waals surface area contributed by atoms with E-state index in [0.29, 0.717) is 17.7 Å². The maximum atomic E-state index is 13.0. The second-order valence-electron chi connectivity index (χ2n) is 8.19. The van der Waals surface area contributed by atoms with Gasteiger partial charge in [0.05, 0.1) is 6.33 Å². The van der Waals surface area contributed by atoms with E-state index >= 15 is 0 Å². The third kappa shape index (κ3) is 3.49. The first-order valence-electron chi connectivity index (χ1n) is 9.38. The van der Waals surface area contributed by atoms with Gasteiger partial charge in [-0.1, -0.05) is 13.8 Å². The van der Waals surface area contributed by atoms with Crippen molar-refractivity contribution in [2.24, 2.45) is 18.9 Å². The number of aromatic nitrogens is 4. The summed E-state index contributed by atoms with van der Waals surface area (Å²) in [5.74, 6) is -0.0205. The molecule has 28 heavy (non-hydrogen) atoms. The maximum absolute atomic E-state index is 13.0. The molecule has 2 aromatic rings. The molecule has 0 atom stereocenters.